The number of nitrogens with zero attached hydrogens (tertiary/aromatic N) is 2. The van der Waals surface area contributed by atoms with Gasteiger partial charge in [-0.05, 0) is 35.6 Å². The molecule has 1 heterocycles. The Kier molecular flexibility index (Phi) is 5.62. The fraction of sp³-hybridized carbons (Fsp3) is 0.346. The third-order valence-electron chi connectivity index (χ3n) is 6.56. The van der Waals surface area contributed by atoms with Gasteiger partial charge in [0.2, 0.25) is 0 Å². The molecule has 160 valence electrons. The van der Waals surface area contributed by atoms with E-state index in [2.05, 4.69) is 34.1 Å². The number of piperazine rings is 1. The summed E-state index contributed by atoms with van der Waals surface area (Å²) in [6, 6.07) is 20.4. The largest absolute Gasteiger partial charge is 0.497 e. The number of rotatable bonds is 6. The predicted octanol–water partition coefficient (Wildman–Crippen LogP) is 3.65. The van der Waals surface area contributed by atoms with E-state index in [4.69, 9.17) is 9.47 Å². The average molecular weight is 417 g/mol. The van der Waals surface area contributed by atoms with Crippen LogP contribution in [0.4, 0.5) is 0 Å². The molecule has 1 fully saturated rings. The van der Waals surface area contributed by atoms with Crippen LogP contribution in [0, 0.1) is 0 Å². The summed E-state index contributed by atoms with van der Waals surface area (Å²) in [5.74, 6) is 1.94. The second-order valence-electron chi connectivity index (χ2n) is 8.31. The number of ketones is 1. The van der Waals surface area contributed by atoms with Gasteiger partial charge in [0.25, 0.3) is 0 Å². The summed E-state index contributed by atoms with van der Waals surface area (Å²) in [7, 11) is 1.64. The number of fused-ring (bicyclic) bond motifs is 2. The third-order valence-corrected chi connectivity index (χ3v) is 6.56. The highest BCUT2D eigenvalue weighted by Crippen LogP contribution is 2.29. The van der Waals surface area contributed by atoms with Crippen LogP contribution >= 0.6 is 0 Å². The van der Waals surface area contributed by atoms with Crippen LogP contribution in [0.25, 0.3) is 10.8 Å². The van der Waals surface area contributed by atoms with Crippen molar-refractivity contribution in [3.63, 3.8) is 0 Å². The Morgan fingerprint density at radius 2 is 1.77 bits per heavy atom. The number of Topliss-reactive ketones (excluding diaryl/α,β-unsaturated/α-hetero) is 1. The molecular weight excluding hydrogens is 388 g/mol. The van der Waals surface area contributed by atoms with Crippen molar-refractivity contribution >= 4 is 16.6 Å². The molecule has 0 aromatic heterocycles. The maximum absolute atomic E-state index is 13.0. The first kappa shape index (κ1) is 20.0. The molecular formula is C26H28N2O3. The normalized spacial score (nSPS) is 19.5. The van der Waals surface area contributed by atoms with Crippen LogP contribution in [0.2, 0.25) is 0 Å². The lowest BCUT2D eigenvalue weighted by Crippen LogP contribution is -2.52. The molecule has 0 N–H and O–H groups in total. The monoisotopic (exact) mass is 416 g/mol. The molecule has 1 unspecified atom stereocenters. The maximum atomic E-state index is 13.0. The van der Waals surface area contributed by atoms with Gasteiger partial charge in [0.1, 0.15) is 18.1 Å². The van der Waals surface area contributed by atoms with E-state index >= 15 is 0 Å². The SMILES string of the molecule is COc1ccc2c(c1)C(=O)C(N1CCN(CCOc3cccc4ccccc34)CC1)C2. The summed E-state index contributed by atoms with van der Waals surface area (Å²) in [5.41, 5.74) is 1.97. The molecule has 31 heavy (non-hydrogen) atoms. The summed E-state index contributed by atoms with van der Waals surface area (Å²) in [6.07, 6.45) is 0.808. The van der Waals surface area contributed by atoms with Crippen LogP contribution in [0.1, 0.15) is 15.9 Å². The van der Waals surface area contributed by atoms with Crippen molar-refractivity contribution in [1.82, 2.24) is 9.80 Å². The van der Waals surface area contributed by atoms with Crippen LogP contribution in [0.3, 0.4) is 0 Å². The highest BCUT2D eigenvalue weighted by Gasteiger charge is 2.36. The Morgan fingerprint density at radius 3 is 2.61 bits per heavy atom. The van der Waals surface area contributed by atoms with Gasteiger partial charge in [-0.2, -0.15) is 0 Å². The highest BCUT2D eigenvalue weighted by atomic mass is 16.5. The fourth-order valence-electron chi connectivity index (χ4n) is 4.77. The average Bonchev–Trinajstić information content (AvgIpc) is 3.15. The van der Waals surface area contributed by atoms with Crippen LogP contribution < -0.4 is 9.47 Å². The minimum absolute atomic E-state index is 0.0313. The zero-order valence-corrected chi connectivity index (χ0v) is 17.9. The summed E-state index contributed by atoms with van der Waals surface area (Å²) in [4.78, 5) is 17.7. The van der Waals surface area contributed by atoms with Crippen LogP contribution in [-0.2, 0) is 6.42 Å². The summed E-state index contributed by atoms with van der Waals surface area (Å²) in [6.45, 7) is 5.31. The van der Waals surface area contributed by atoms with Crippen molar-refractivity contribution in [2.24, 2.45) is 0 Å². The molecule has 1 saturated heterocycles. The molecule has 0 bridgehead atoms. The van der Waals surface area contributed by atoms with Crippen molar-refractivity contribution in [1.29, 1.82) is 0 Å². The van der Waals surface area contributed by atoms with Crippen LogP contribution in [-0.4, -0.2) is 68.1 Å². The zero-order chi connectivity index (χ0) is 21.2. The number of carbonyl (C=O) groups is 1. The molecule has 5 nitrogen and oxygen atoms in total. The summed E-state index contributed by atoms with van der Waals surface area (Å²) < 4.78 is 11.4. The Balaban J connectivity index is 1.13. The molecule has 1 atom stereocenters. The van der Waals surface area contributed by atoms with Crippen molar-refractivity contribution in [3.05, 3.63) is 71.8 Å². The maximum Gasteiger partial charge on any atom is 0.180 e. The summed E-state index contributed by atoms with van der Waals surface area (Å²) >= 11 is 0. The smallest absolute Gasteiger partial charge is 0.180 e. The highest BCUT2D eigenvalue weighted by molar-refractivity contribution is 6.04. The molecule has 2 aliphatic rings. The molecule has 1 aliphatic heterocycles. The van der Waals surface area contributed by atoms with Gasteiger partial charge in [-0.1, -0.05) is 42.5 Å². The lowest BCUT2D eigenvalue weighted by molar-refractivity contribution is 0.0667. The number of methoxy groups -OCH3 is 1. The first-order valence-electron chi connectivity index (χ1n) is 11.0. The van der Waals surface area contributed by atoms with Gasteiger partial charge in [0.15, 0.2) is 5.78 Å². The van der Waals surface area contributed by atoms with E-state index in [1.54, 1.807) is 7.11 Å². The van der Waals surface area contributed by atoms with Crippen molar-refractivity contribution in [3.8, 4) is 11.5 Å². The molecule has 3 aromatic carbocycles. The lowest BCUT2D eigenvalue weighted by atomic mass is 10.1. The minimum atomic E-state index is -0.0313. The topological polar surface area (TPSA) is 42.0 Å². The lowest BCUT2D eigenvalue weighted by Gasteiger charge is -2.37. The predicted molar refractivity (Wildman–Crippen MR) is 122 cm³/mol. The Labute approximate surface area is 183 Å². The fourth-order valence-corrected chi connectivity index (χ4v) is 4.77. The van der Waals surface area contributed by atoms with Crippen LogP contribution in [0.5, 0.6) is 11.5 Å². The Hall–Kier alpha value is -2.89. The van der Waals surface area contributed by atoms with E-state index < -0.39 is 0 Å². The number of hydrogen-bond donors (Lipinski definition) is 0. The van der Waals surface area contributed by atoms with E-state index in [0.717, 1.165) is 67.2 Å². The van der Waals surface area contributed by atoms with Gasteiger partial charge >= 0.3 is 0 Å². The number of benzene rings is 3. The third kappa shape index (κ3) is 4.03. The molecule has 5 heteroatoms. The molecule has 1 aliphatic carbocycles. The number of hydrogen-bond acceptors (Lipinski definition) is 5. The molecule has 0 spiro atoms. The second-order valence-corrected chi connectivity index (χ2v) is 8.31. The first-order chi connectivity index (χ1) is 15.2. The number of carbonyl (C=O) groups excluding carboxylic acids is 1. The van der Waals surface area contributed by atoms with Gasteiger partial charge in [0.05, 0.1) is 13.2 Å². The quantitative estimate of drug-likeness (QED) is 0.614. The van der Waals surface area contributed by atoms with Crippen molar-refractivity contribution in [2.45, 2.75) is 12.5 Å². The molecule has 0 saturated carbocycles. The molecule has 5 rings (SSSR count). The van der Waals surface area contributed by atoms with Gasteiger partial charge in [0, 0.05) is 43.7 Å². The first-order valence-corrected chi connectivity index (χ1v) is 11.0. The van der Waals surface area contributed by atoms with Crippen LogP contribution in [0.15, 0.2) is 60.7 Å². The van der Waals surface area contributed by atoms with Gasteiger partial charge < -0.3 is 9.47 Å². The van der Waals surface area contributed by atoms with Crippen molar-refractivity contribution < 1.29 is 14.3 Å². The zero-order valence-electron chi connectivity index (χ0n) is 17.9. The molecule has 0 radical (unpaired) electrons. The van der Waals surface area contributed by atoms with E-state index in [9.17, 15) is 4.79 Å². The van der Waals surface area contributed by atoms with E-state index in [1.807, 2.05) is 36.4 Å². The standard InChI is InChI=1S/C26H28N2O3/c1-30-21-10-9-20-17-24(26(29)23(20)18-21)28-13-11-27(12-14-28)15-16-31-25-8-4-6-19-5-2-3-7-22(19)25/h2-10,18,24H,11-17H2,1H3. The van der Waals surface area contributed by atoms with Gasteiger partial charge in [-0.25, -0.2) is 0 Å². The van der Waals surface area contributed by atoms with Gasteiger partial charge in [-0.15, -0.1) is 0 Å². The minimum Gasteiger partial charge on any atom is -0.497 e. The van der Waals surface area contributed by atoms with E-state index in [0.29, 0.717) is 6.61 Å². The molecule has 3 aromatic rings. The van der Waals surface area contributed by atoms with E-state index in [-0.39, 0.29) is 11.8 Å². The number of ether oxygens (including phenoxy) is 2. The summed E-state index contributed by atoms with van der Waals surface area (Å²) in [5, 5.41) is 2.36. The second kappa shape index (κ2) is 8.69. The Bertz CT molecular complexity index is 1080. The molecule has 0 amide bonds. The van der Waals surface area contributed by atoms with Gasteiger partial charge in [-0.3, -0.25) is 14.6 Å². The Morgan fingerprint density at radius 1 is 0.968 bits per heavy atom. The van der Waals surface area contributed by atoms with Crippen molar-refractivity contribution in [2.75, 3.05) is 46.4 Å². The van der Waals surface area contributed by atoms with E-state index in [1.165, 1.54) is 5.39 Å².